The Hall–Kier alpha value is -3.09. The number of hydrogen-bond acceptors (Lipinski definition) is 3. The van der Waals surface area contributed by atoms with Crippen molar-refractivity contribution in [3.8, 4) is 0 Å². The van der Waals surface area contributed by atoms with Crippen molar-refractivity contribution in [2.24, 2.45) is 0 Å². The number of nitrogens with one attached hydrogen (secondary N) is 3. The van der Waals surface area contributed by atoms with Crippen molar-refractivity contribution in [1.29, 1.82) is 0 Å². The van der Waals surface area contributed by atoms with E-state index in [1.54, 1.807) is 12.3 Å². The van der Waals surface area contributed by atoms with Crippen LogP contribution in [0.1, 0.15) is 30.1 Å². The Balaban J connectivity index is 1.45. The molecule has 0 bridgehead atoms. The number of carbonyl (C=O) groups is 1. The molecule has 3 N–H and O–H groups in total. The highest BCUT2D eigenvalue weighted by Crippen LogP contribution is 2.30. The number of nitrogens with zero attached hydrogens (tertiary/aromatic N) is 3. The lowest BCUT2D eigenvalue weighted by Crippen LogP contribution is -2.20. The van der Waals surface area contributed by atoms with Crippen LogP contribution in [0, 0.1) is 0 Å². The van der Waals surface area contributed by atoms with Crippen molar-refractivity contribution in [2.75, 3.05) is 10.6 Å². The second-order valence-electron chi connectivity index (χ2n) is 5.87. The summed E-state index contributed by atoms with van der Waals surface area (Å²) in [5.41, 5.74) is 3.26. The summed E-state index contributed by atoms with van der Waals surface area (Å²) in [6.45, 7) is 0. The number of hydrogen-bond donors (Lipinski definition) is 3. The molecule has 0 radical (unpaired) electrons. The van der Waals surface area contributed by atoms with Crippen LogP contribution in [-0.2, 0) is 6.42 Å². The maximum Gasteiger partial charge on any atom is 0.324 e. The summed E-state index contributed by atoms with van der Waals surface area (Å²) in [5.74, 6) is 0.555. The van der Waals surface area contributed by atoms with E-state index in [1.807, 2.05) is 24.7 Å². The molecule has 3 heterocycles. The second-order valence-corrected chi connectivity index (χ2v) is 5.87. The van der Waals surface area contributed by atoms with Crippen LogP contribution in [0.5, 0.6) is 0 Å². The molecule has 2 aromatic heterocycles. The van der Waals surface area contributed by atoms with Gasteiger partial charge in [0.25, 0.3) is 0 Å². The highest BCUT2D eigenvalue weighted by Gasteiger charge is 2.20. The molecule has 0 saturated carbocycles. The SMILES string of the molecule is O=C(Nc1ccc([C@H]2CCCc3cncn32)cc1)Nc1ccn[nH]1. The van der Waals surface area contributed by atoms with Crippen molar-refractivity contribution in [3.05, 3.63) is 60.3 Å². The molecule has 0 saturated heterocycles. The third-order valence-electron chi connectivity index (χ3n) is 4.29. The average molecular weight is 322 g/mol. The van der Waals surface area contributed by atoms with Crippen molar-refractivity contribution in [2.45, 2.75) is 25.3 Å². The lowest BCUT2D eigenvalue weighted by molar-refractivity contribution is 0.262. The molecule has 122 valence electrons. The molecule has 1 aliphatic rings. The maximum atomic E-state index is 11.9. The fraction of sp³-hybridized carbons (Fsp3) is 0.235. The third kappa shape index (κ3) is 2.88. The third-order valence-corrected chi connectivity index (χ3v) is 4.29. The first-order valence-corrected chi connectivity index (χ1v) is 7.97. The molecule has 1 atom stereocenters. The molecule has 0 unspecified atom stereocenters. The summed E-state index contributed by atoms with van der Waals surface area (Å²) in [7, 11) is 0. The molecule has 3 aromatic rings. The first-order valence-electron chi connectivity index (χ1n) is 7.97. The van der Waals surface area contributed by atoms with Crippen LogP contribution in [0.15, 0.2) is 49.1 Å². The number of amides is 2. The van der Waals surface area contributed by atoms with E-state index in [4.69, 9.17) is 0 Å². The van der Waals surface area contributed by atoms with Gasteiger partial charge in [-0.25, -0.2) is 9.78 Å². The van der Waals surface area contributed by atoms with E-state index < -0.39 is 0 Å². The number of H-pyrrole nitrogens is 1. The van der Waals surface area contributed by atoms with Crippen LogP contribution in [0.2, 0.25) is 0 Å². The highest BCUT2D eigenvalue weighted by molar-refractivity contribution is 5.99. The maximum absolute atomic E-state index is 11.9. The molecular formula is C17H18N6O. The largest absolute Gasteiger partial charge is 0.327 e. The van der Waals surface area contributed by atoms with E-state index in [0.717, 1.165) is 18.5 Å². The van der Waals surface area contributed by atoms with E-state index in [0.29, 0.717) is 11.9 Å². The van der Waals surface area contributed by atoms with Crippen LogP contribution in [0.25, 0.3) is 0 Å². The van der Waals surface area contributed by atoms with Gasteiger partial charge in [-0.05, 0) is 37.0 Å². The van der Waals surface area contributed by atoms with Gasteiger partial charge >= 0.3 is 6.03 Å². The fourth-order valence-corrected chi connectivity index (χ4v) is 3.15. The smallest absolute Gasteiger partial charge is 0.324 e. The Morgan fingerprint density at radius 3 is 2.88 bits per heavy atom. The molecule has 0 fully saturated rings. The summed E-state index contributed by atoms with van der Waals surface area (Å²) in [6, 6.07) is 9.68. The number of benzene rings is 1. The number of aromatic nitrogens is 4. The van der Waals surface area contributed by atoms with Crippen LogP contribution in [0.4, 0.5) is 16.3 Å². The van der Waals surface area contributed by atoms with Gasteiger partial charge in [0.05, 0.1) is 18.6 Å². The first-order chi connectivity index (χ1) is 11.8. The minimum Gasteiger partial charge on any atom is -0.327 e. The van der Waals surface area contributed by atoms with E-state index in [-0.39, 0.29) is 6.03 Å². The van der Waals surface area contributed by atoms with Gasteiger partial charge in [-0.2, -0.15) is 5.10 Å². The molecule has 7 nitrogen and oxygen atoms in total. The quantitative estimate of drug-likeness (QED) is 0.692. The van der Waals surface area contributed by atoms with Gasteiger partial charge in [0.1, 0.15) is 5.82 Å². The predicted molar refractivity (Wildman–Crippen MR) is 91.0 cm³/mol. The molecule has 1 aromatic carbocycles. The highest BCUT2D eigenvalue weighted by atomic mass is 16.2. The number of aryl methyl sites for hydroxylation is 1. The molecule has 7 heteroatoms. The standard InChI is InChI=1S/C17H18N6O/c24-17(21-16-8-9-19-22-16)20-13-6-4-12(5-7-13)15-3-1-2-14-10-18-11-23(14)15/h4-11,15H,1-3H2,(H3,19,20,21,22,24)/t15-/m1/s1. The zero-order valence-corrected chi connectivity index (χ0v) is 13.1. The van der Waals surface area contributed by atoms with Crippen LogP contribution < -0.4 is 10.6 Å². The topological polar surface area (TPSA) is 87.6 Å². The summed E-state index contributed by atoms with van der Waals surface area (Å²) in [4.78, 5) is 16.2. The molecule has 4 rings (SSSR count). The van der Waals surface area contributed by atoms with E-state index in [9.17, 15) is 4.79 Å². The fourth-order valence-electron chi connectivity index (χ4n) is 3.15. The summed E-state index contributed by atoms with van der Waals surface area (Å²) < 4.78 is 2.25. The predicted octanol–water partition coefficient (Wildman–Crippen LogP) is 3.18. The number of aromatic amines is 1. The van der Waals surface area contributed by atoms with E-state index in [2.05, 4.69) is 42.5 Å². The normalized spacial score (nSPS) is 16.4. The zero-order valence-electron chi connectivity index (χ0n) is 13.1. The van der Waals surface area contributed by atoms with Gasteiger partial charge in [-0.1, -0.05) is 12.1 Å². The summed E-state index contributed by atoms with van der Waals surface area (Å²) in [6.07, 6.45) is 8.80. The Labute approximate surface area is 139 Å². The van der Waals surface area contributed by atoms with Gasteiger partial charge in [0, 0.05) is 23.6 Å². The molecule has 24 heavy (non-hydrogen) atoms. The Bertz CT molecular complexity index is 821. The summed E-state index contributed by atoms with van der Waals surface area (Å²) >= 11 is 0. The lowest BCUT2D eigenvalue weighted by atomic mass is 9.96. The number of carbonyl (C=O) groups excluding carboxylic acids is 1. The minimum atomic E-state index is -0.304. The van der Waals surface area contributed by atoms with Crippen LogP contribution in [0.3, 0.4) is 0 Å². The number of anilines is 2. The van der Waals surface area contributed by atoms with Crippen molar-refractivity contribution >= 4 is 17.5 Å². The molecule has 1 aliphatic heterocycles. The van der Waals surface area contributed by atoms with Crippen LogP contribution >= 0.6 is 0 Å². The molecule has 2 amide bonds. The zero-order chi connectivity index (χ0) is 16.4. The van der Waals surface area contributed by atoms with Crippen molar-refractivity contribution in [3.63, 3.8) is 0 Å². The van der Waals surface area contributed by atoms with Crippen molar-refractivity contribution in [1.82, 2.24) is 19.7 Å². The van der Waals surface area contributed by atoms with Gasteiger partial charge < -0.3 is 9.88 Å². The van der Waals surface area contributed by atoms with Gasteiger partial charge in [0.15, 0.2) is 0 Å². The number of imidazole rings is 1. The van der Waals surface area contributed by atoms with Gasteiger partial charge in [-0.15, -0.1) is 0 Å². The monoisotopic (exact) mass is 322 g/mol. The lowest BCUT2D eigenvalue weighted by Gasteiger charge is -2.26. The number of fused-ring (bicyclic) bond motifs is 1. The first kappa shape index (κ1) is 14.5. The molecule has 0 spiro atoms. The van der Waals surface area contributed by atoms with E-state index in [1.165, 1.54) is 17.7 Å². The van der Waals surface area contributed by atoms with Gasteiger partial charge in [-0.3, -0.25) is 10.4 Å². The average Bonchev–Trinajstić information content (AvgIpc) is 3.26. The molecular weight excluding hydrogens is 304 g/mol. The summed E-state index contributed by atoms with van der Waals surface area (Å²) in [5, 5.41) is 12.0. The second kappa shape index (κ2) is 6.19. The molecule has 0 aliphatic carbocycles. The minimum absolute atomic E-state index is 0.304. The van der Waals surface area contributed by atoms with E-state index >= 15 is 0 Å². The number of rotatable bonds is 3. The Morgan fingerprint density at radius 1 is 1.21 bits per heavy atom. The van der Waals surface area contributed by atoms with Crippen molar-refractivity contribution < 1.29 is 4.79 Å². The Kier molecular flexibility index (Phi) is 3.74. The Morgan fingerprint density at radius 2 is 2.08 bits per heavy atom. The van der Waals surface area contributed by atoms with Gasteiger partial charge in [0.2, 0.25) is 0 Å². The van der Waals surface area contributed by atoms with Crippen LogP contribution in [-0.4, -0.2) is 25.8 Å². The number of urea groups is 1.